The van der Waals surface area contributed by atoms with E-state index in [0.29, 0.717) is 17.7 Å². The molecule has 0 aromatic carbocycles. The fourth-order valence-corrected chi connectivity index (χ4v) is 4.57. The van der Waals surface area contributed by atoms with Crippen molar-refractivity contribution in [3.63, 3.8) is 0 Å². The minimum Gasteiger partial charge on any atom is -0.404 e. The van der Waals surface area contributed by atoms with Crippen LogP contribution in [0.25, 0.3) is 0 Å². The van der Waals surface area contributed by atoms with E-state index < -0.39 is 0 Å². The Morgan fingerprint density at radius 1 is 1.17 bits per heavy atom. The lowest BCUT2D eigenvalue weighted by atomic mass is 9.97. The number of dihydropyridines is 1. The molecule has 0 spiro atoms. The molecule has 0 radical (unpaired) electrons. The first-order valence-corrected chi connectivity index (χ1v) is 12.6. The van der Waals surface area contributed by atoms with Crippen molar-refractivity contribution in [2.45, 2.75) is 64.5 Å². The molecule has 2 aliphatic heterocycles. The van der Waals surface area contributed by atoms with Crippen molar-refractivity contribution >= 4 is 12.1 Å². The van der Waals surface area contributed by atoms with Gasteiger partial charge in [-0.2, -0.15) is 0 Å². The quantitative estimate of drug-likeness (QED) is 0.158. The number of hydrogen-bond acceptors (Lipinski definition) is 7. The molecular weight excluding hydrogens is 436 g/mol. The van der Waals surface area contributed by atoms with Gasteiger partial charge < -0.3 is 32.7 Å². The number of allylic oxidation sites excluding steroid dienone is 4. The second kappa shape index (κ2) is 12.3. The third-order valence-corrected chi connectivity index (χ3v) is 6.68. The fourth-order valence-electron chi connectivity index (χ4n) is 4.57. The number of nitrogens with one attached hydrogen (secondary N) is 2. The number of rotatable bonds is 8. The highest BCUT2D eigenvalue weighted by Gasteiger charge is 2.27. The Labute approximate surface area is 210 Å². The number of nitrogens with zero attached hydrogens (tertiary/aromatic N) is 3. The van der Waals surface area contributed by atoms with Gasteiger partial charge in [-0.05, 0) is 54.8 Å². The highest BCUT2D eigenvalue weighted by molar-refractivity contribution is 6.08. The Morgan fingerprint density at radius 2 is 1.89 bits per heavy atom. The molecule has 1 unspecified atom stereocenters. The normalized spacial score (nSPS) is 22.8. The summed E-state index contributed by atoms with van der Waals surface area (Å²) in [7, 11) is 3.89. The number of likely N-dealkylation sites (N-methyl/N-ethyl adjacent to an activating group) is 1. The first kappa shape index (κ1) is 26.2. The lowest BCUT2D eigenvalue weighted by Gasteiger charge is -2.35. The third-order valence-electron chi connectivity index (χ3n) is 6.68. The zero-order valence-corrected chi connectivity index (χ0v) is 21.6. The van der Waals surface area contributed by atoms with Crippen molar-refractivity contribution in [2.24, 2.45) is 33.1 Å². The van der Waals surface area contributed by atoms with E-state index in [0.717, 1.165) is 41.1 Å². The maximum absolute atomic E-state index is 6.54. The Hall–Kier alpha value is -3.42. The summed E-state index contributed by atoms with van der Waals surface area (Å²) in [6, 6.07) is 0.231. The molecule has 2 heterocycles. The third kappa shape index (κ3) is 6.81. The van der Waals surface area contributed by atoms with Crippen LogP contribution in [0.5, 0.6) is 0 Å². The zero-order valence-electron chi connectivity index (χ0n) is 21.6. The molecule has 8 N–H and O–H groups in total. The molecule has 3 aliphatic rings. The van der Waals surface area contributed by atoms with E-state index in [1.807, 2.05) is 44.7 Å². The van der Waals surface area contributed by atoms with Crippen LogP contribution in [0.4, 0.5) is 0 Å². The summed E-state index contributed by atoms with van der Waals surface area (Å²) in [5, 5.41) is 6.43. The van der Waals surface area contributed by atoms with Gasteiger partial charge in [-0.3, -0.25) is 9.98 Å². The molecule has 8 heteroatoms. The number of hydrogen-bond donors (Lipinski definition) is 5. The van der Waals surface area contributed by atoms with E-state index in [4.69, 9.17) is 27.2 Å². The smallest absolute Gasteiger partial charge is 0.128 e. The molecule has 1 aliphatic carbocycles. The first-order valence-electron chi connectivity index (χ1n) is 12.6. The summed E-state index contributed by atoms with van der Waals surface area (Å²) in [5.74, 6) is 2.25. The monoisotopic (exact) mass is 478 g/mol. The molecule has 1 fully saturated rings. The highest BCUT2D eigenvalue weighted by Crippen LogP contribution is 2.28. The number of nitrogens with two attached hydrogens (primary N) is 3. The minimum atomic E-state index is -0.0594. The largest absolute Gasteiger partial charge is 0.404 e. The molecule has 0 amide bonds. The van der Waals surface area contributed by atoms with Gasteiger partial charge >= 0.3 is 0 Å². The molecule has 0 aromatic rings. The van der Waals surface area contributed by atoms with Crippen LogP contribution < -0.4 is 27.8 Å². The number of amidine groups is 1. The molecule has 0 aromatic heterocycles. The summed E-state index contributed by atoms with van der Waals surface area (Å²) in [4.78, 5) is 11.8. The van der Waals surface area contributed by atoms with Gasteiger partial charge in [0.05, 0.1) is 17.8 Å². The van der Waals surface area contributed by atoms with Crippen molar-refractivity contribution in [3.05, 3.63) is 70.8 Å². The predicted molar refractivity (Wildman–Crippen MR) is 147 cm³/mol. The molecular formula is C27H42N8. The predicted octanol–water partition coefficient (Wildman–Crippen LogP) is 3.11. The second-order valence-electron chi connectivity index (χ2n) is 9.63. The standard InChI is InChI=1S/C27H42N8/c1-18(2)19(15-28)14-25(29)34-26-12-11-23-24(35(26)4)13-20(16-32-23)22(17-31-3)27(30)33-21-9-7-5-6-8-10-21/h11-18,21,24,31,34H,5-10,28-29H2,1-4H3,(H2,30,33)/b19-15+,22-17-,25-14+. The summed E-state index contributed by atoms with van der Waals surface area (Å²) in [6.07, 6.45) is 20.6. The van der Waals surface area contributed by atoms with E-state index in [2.05, 4.69) is 35.5 Å². The Morgan fingerprint density at radius 3 is 2.51 bits per heavy atom. The van der Waals surface area contributed by atoms with Gasteiger partial charge in [0, 0.05) is 37.7 Å². The molecule has 1 atom stereocenters. The molecule has 0 bridgehead atoms. The van der Waals surface area contributed by atoms with Crippen molar-refractivity contribution in [1.29, 1.82) is 0 Å². The van der Waals surface area contributed by atoms with Crippen LogP contribution >= 0.6 is 0 Å². The first-order chi connectivity index (χ1) is 16.8. The van der Waals surface area contributed by atoms with Crippen molar-refractivity contribution < 1.29 is 0 Å². The highest BCUT2D eigenvalue weighted by atomic mass is 15.3. The Kier molecular flexibility index (Phi) is 9.23. The fraction of sp³-hybridized carbons (Fsp3) is 0.481. The van der Waals surface area contributed by atoms with Crippen LogP contribution in [-0.2, 0) is 0 Å². The summed E-state index contributed by atoms with van der Waals surface area (Å²) >= 11 is 0. The second-order valence-corrected chi connectivity index (χ2v) is 9.63. The van der Waals surface area contributed by atoms with Gasteiger partial charge in [-0.25, -0.2) is 0 Å². The van der Waals surface area contributed by atoms with Crippen molar-refractivity contribution in [2.75, 3.05) is 14.1 Å². The van der Waals surface area contributed by atoms with Gasteiger partial charge in [-0.15, -0.1) is 0 Å². The molecule has 35 heavy (non-hydrogen) atoms. The topological polar surface area (TPSA) is 130 Å². The van der Waals surface area contributed by atoms with Gasteiger partial charge in [-0.1, -0.05) is 39.5 Å². The molecule has 0 saturated heterocycles. The molecule has 3 rings (SSSR count). The number of aliphatic imine (C=N–C) groups is 2. The van der Waals surface area contributed by atoms with Crippen LogP contribution in [0.15, 0.2) is 80.7 Å². The summed E-state index contributed by atoms with van der Waals surface area (Å²) in [5.41, 5.74) is 22.3. The average molecular weight is 479 g/mol. The molecule has 8 nitrogen and oxygen atoms in total. The van der Waals surface area contributed by atoms with Crippen LogP contribution in [0, 0.1) is 5.92 Å². The van der Waals surface area contributed by atoms with Crippen LogP contribution in [0.1, 0.15) is 52.4 Å². The van der Waals surface area contributed by atoms with Gasteiger partial charge in [0.15, 0.2) is 0 Å². The molecule has 190 valence electrons. The van der Waals surface area contributed by atoms with Crippen LogP contribution in [0.2, 0.25) is 0 Å². The maximum atomic E-state index is 6.54. The van der Waals surface area contributed by atoms with E-state index >= 15 is 0 Å². The van der Waals surface area contributed by atoms with Gasteiger partial charge in [0.1, 0.15) is 17.5 Å². The van der Waals surface area contributed by atoms with Crippen LogP contribution in [0.3, 0.4) is 0 Å². The van der Waals surface area contributed by atoms with Gasteiger partial charge in [0.25, 0.3) is 0 Å². The van der Waals surface area contributed by atoms with Crippen molar-refractivity contribution in [3.8, 4) is 0 Å². The summed E-state index contributed by atoms with van der Waals surface area (Å²) in [6.45, 7) is 4.16. The molecule has 1 saturated carbocycles. The lowest BCUT2D eigenvalue weighted by molar-refractivity contribution is 0.356. The Bertz CT molecular complexity index is 998. The zero-order chi connectivity index (χ0) is 25.4. The number of fused-ring (bicyclic) bond motifs is 1. The summed E-state index contributed by atoms with van der Waals surface area (Å²) < 4.78 is 0. The van der Waals surface area contributed by atoms with E-state index in [9.17, 15) is 0 Å². The Balaban J connectivity index is 1.81. The minimum absolute atomic E-state index is 0.0594. The average Bonchev–Trinajstić information content (AvgIpc) is 3.11. The van der Waals surface area contributed by atoms with E-state index in [1.54, 1.807) is 6.20 Å². The van der Waals surface area contributed by atoms with E-state index in [1.165, 1.54) is 25.7 Å². The maximum Gasteiger partial charge on any atom is 0.128 e. The van der Waals surface area contributed by atoms with Crippen molar-refractivity contribution in [1.82, 2.24) is 15.5 Å². The van der Waals surface area contributed by atoms with Gasteiger partial charge in [0.2, 0.25) is 0 Å². The SMILES string of the molecule is CN/C=C(/C1=CC2C(=CC=C(N/C(N)=C/C(=C\N)C(C)C)N2C)N=C1)C(N)=NC1CCCCCC1. The van der Waals surface area contributed by atoms with Crippen LogP contribution in [-0.4, -0.2) is 43.1 Å². The lowest BCUT2D eigenvalue weighted by Crippen LogP contribution is -2.40. The van der Waals surface area contributed by atoms with E-state index in [-0.39, 0.29) is 12.0 Å².